The van der Waals surface area contributed by atoms with Crippen molar-refractivity contribution in [1.29, 1.82) is 0 Å². The second kappa shape index (κ2) is 11.9. The summed E-state index contributed by atoms with van der Waals surface area (Å²) in [6.07, 6.45) is 1.79. The monoisotopic (exact) mass is 552 g/mol. The Hall–Kier alpha value is -4.17. The number of benzene rings is 2. The van der Waals surface area contributed by atoms with E-state index in [9.17, 15) is 4.79 Å². The standard InChI is InChI=1S/C32H36N6OS/c1-5-36(6-2)25-15-17-26(18-16-25)38-22(3)20-27(23(38)4)31-30(28-14-10-11-19-33-28)35-32(40)37(31)21-29(39)34-24-12-8-7-9-13-24/h7-20,30-31H,5-6,21H2,1-4H3,(H,34,39)(H,35,40)/t30-,31+/m1/s1. The minimum absolute atomic E-state index is 0.122. The summed E-state index contributed by atoms with van der Waals surface area (Å²) in [6, 6.07) is 25.9. The van der Waals surface area contributed by atoms with Crippen LogP contribution in [0.25, 0.3) is 5.69 Å². The van der Waals surface area contributed by atoms with Crippen LogP contribution in [0.15, 0.2) is 85.1 Å². The van der Waals surface area contributed by atoms with E-state index in [4.69, 9.17) is 12.2 Å². The van der Waals surface area contributed by atoms with E-state index in [2.05, 4.69) is 83.1 Å². The Kier molecular flexibility index (Phi) is 8.16. The molecule has 0 bridgehead atoms. The molecule has 3 heterocycles. The van der Waals surface area contributed by atoms with Gasteiger partial charge in [0.15, 0.2) is 5.11 Å². The van der Waals surface area contributed by atoms with Crippen LogP contribution in [0, 0.1) is 13.8 Å². The number of pyridine rings is 1. The normalized spacial score (nSPS) is 16.6. The highest BCUT2D eigenvalue weighted by atomic mass is 32.1. The average Bonchev–Trinajstić information content (AvgIpc) is 3.45. The zero-order valence-electron chi connectivity index (χ0n) is 23.5. The van der Waals surface area contributed by atoms with Gasteiger partial charge in [0.2, 0.25) is 5.91 Å². The number of nitrogens with zero attached hydrogens (tertiary/aromatic N) is 4. The molecule has 206 valence electrons. The number of carbonyl (C=O) groups excluding carboxylic acids is 1. The Balaban J connectivity index is 1.51. The molecule has 1 amide bonds. The average molecular weight is 553 g/mol. The van der Waals surface area contributed by atoms with Gasteiger partial charge >= 0.3 is 0 Å². The third kappa shape index (κ3) is 5.45. The smallest absolute Gasteiger partial charge is 0.244 e. The molecule has 1 saturated heterocycles. The summed E-state index contributed by atoms with van der Waals surface area (Å²) < 4.78 is 2.28. The van der Waals surface area contributed by atoms with Gasteiger partial charge in [-0.2, -0.15) is 0 Å². The lowest BCUT2D eigenvalue weighted by Crippen LogP contribution is -2.37. The van der Waals surface area contributed by atoms with Gasteiger partial charge in [0.1, 0.15) is 6.54 Å². The van der Waals surface area contributed by atoms with Crippen molar-refractivity contribution in [3.63, 3.8) is 0 Å². The zero-order chi connectivity index (χ0) is 28.2. The van der Waals surface area contributed by atoms with E-state index in [-0.39, 0.29) is 24.5 Å². The Labute approximate surface area is 241 Å². The molecule has 0 unspecified atom stereocenters. The van der Waals surface area contributed by atoms with Crippen LogP contribution in [0.2, 0.25) is 0 Å². The van der Waals surface area contributed by atoms with Crippen LogP contribution in [-0.2, 0) is 4.79 Å². The van der Waals surface area contributed by atoms with Gasteiger partial charge in [-0.1, -0.05) is 24.3 Å². The third-order valence-electron chi connectivity index (χ3n) is 7.59. The first kappa shape index (κ1) is 27.4. The number of anilines is 2. The number of para-hydroxylation sites is 1. The topological polar surface area (TPSA) is 65.4 Å². The Morgan fingerprint density at radius 3 is 2.35 bits per heavy atom. The van der Waals surface area contributed by atoms with Crippen molar-refractivity contribution in [1.82, 2.24) is 19.8 Å². The molecule has 5 rings (SSSR count). The maximum Gasteiger partial charge on any atom is 0.244 e. The van der Waals surface area contributed by atoms with Gasteiger partial charge in [-0.15, -0.1) is 0 Å². The lowest BCUT2D eigenvalue weighted by molar-refractivity contribution is -0.116. The lowest BCUT2D eigenvalue weighted by Gasteiger charge is -2.27. The van der Waals surface area contributed by atoms with Crippen molar-refractivity contribution >= 4 is 34.6 Å². The lowest BCUT2D eigenvalue weighted by atomic mass is 9.96. The van der Waals surface area contributed by atoms with E-state index in [0.29, 0.717) is 5.11 Å². The van der Waals surface area contributed by atoms with Crippen molar-refractivity contribution in [2.75, 3.05) is 29.9 Å². The fourth-order valence-electron chi connectivity index (χ4n) is 5.68. The van der Waals surface area contributed by atoms with Crippen molar-refractivity contribution in [3.05, 3.63) is 108 Å². The van der Waals surface area contributed by atoms with Crippen LogP contribution in [-0.4, -0.2) is 45.1 Å². The highest BCUT2D eigenvalue weighted by Gasteiger charge is 2.42. The van der Waals surface area contributed by atoms with Crippen molar-refractivity contribution in [2.24, 2.45) is 0 Å². The minimum Gasteiger partial charge on any atom is -0.372 e. The summed E-state index contributed by atoms with van der Waals surface area (Å²) in [5.74, 6) is -0.122. The number of hydrogen-bond donors (Lipinski definition) is 2. The molecule has 2 aromatic heterocycles. The molecule has 1 aliphatic heterocycles. The molecule has 0 aliphatic carbocycles. The maximum atomic E-state index is 13.2. The molecule has 40 heavy (non-hydrogen) atoms. The van der Waals surface area contributed by atoms with Crippen molar-refractivity contribution in [2.45, 2.75) is 39.8 Å². The van der Waals surface area contributed by atoms with Gasteiger partial charge in [-0.25, -0.2) is 0 Å². The summed E-state index contributed by atoms with van der Waals surface area (Å²) in [6.45, 7) is 10.7. The van der Waals surface area contributed by atoms with E-state index in [1.807, 2.05) is 53.4 Å². The molecule has 0 saturated carbocycles. The molecule has 1 aliphatic rings. The SMILES string of the molecule is CCN(CC)c1ccc(-n2c(C)cc([C@H]3[C@@H](c4ccccn4)NC(=S)N3CC(=O)Nc3ccccc3)c2C)cc1. The van der Waals surface area contributed by atoms with E-state index >= 15 is 0 Å². The quantitative estimate of drug-likeness (QED) is 0.250. The molecule has 8 heteroatoms. The summed E-state index contributed by atoms with van der Waals surface area (Å²) in [5, 5.41) is 7.01. The molecule has 1 fully saturated rings. The van der Waals surface area contributed by atoms with Crippen LogP contribution in [0.4, 0.5) is 11.4 Å². The number of amides is 1. The number of nitrogens with one attached hydrogen (secondary N) is 2. The predicted molar refractivity (Wildman–Crippen MR) is 166 cm³/mol. The van der Waals surface area contributed by atoms with Crippen LogP contribution in [0.1, 0.15) is 48.6 Å². The van der Waals surface area contributed by atoms with E-state index < -0.39 is 0 Å². The molecule has 2 aromatic carbocycles. The van der Waals surface area contributed by atoms with Crippen LogP contribution >= 0.6 is 12.2 Å². The number of carbonyl (C=O) groups is 1. The van der Waals surface area contributed by atoms with Gasteiger partial charge < -0.3 is 25.0 Å². The summed E-state index contributed by atoms with van der Waals surface area (Å²) in [4.78, 5) is 22.2. The fourth-order valence-corrected chi connectivity index (χ4v) is 5.98. The second-order valence-corrected chi connectivity index (χ2v) is 10.4. The first-order valence-corrected chi connectivity index (χ1v) is 14.2. The predicted octanol–water partition coefficient (Wildman–Crippen LogP) is 5.95. The zero-order valence-corrected chi connectivity index (χ0v) is 24.3. The number of aromatic nitrogens is 2. The maximum absolute atomic E-state index is 13.2. The molecular formula is C32H36N6OS. The molecule has 0 radical (unpaired) electrons. The Bertz CT molecular complexity index is 1460. The van der Waals surface area contributed by atoms with Gasteiger partial charge in [0, 0.05) is 47.7 Å². The fraction of sp³-hybridized carbons (Fsp3) is 0.281. The Morgan fingerprint density at radius 2 is 1.70 bits per heavy atom. The first-order chi connectivity index (χ1) is 19.4. The number of aryl methyl sites for hydroxylation is 1. The molecule has 0 spiro atoms. The number of hydrogen-bond acceptors (Lipinski definition) is 4. The number of rotatable bonds is 9. The van der Waals surface area contributed by atoms with Gasteiger partial charge in [0.25, 0.3) is 0 Å². The summed E-state index contributed by atoms with van der Waals surface area (Å²) >= 11 is 5.81. The van der Waals surface area contributed by atoms with Crippen LogP contribution < -0.4 is 15.5 Å². The van der Waals surface area contributed by atoms with Gasteiger partial charge in [0.05, 0.1) is 17.8 Å². The number of thiocarbonyl (C=S) groups is 1. The summed E-state index contributed by atoms with van der Waals surface area (Å²) in [5.41, 5.74) is 7.30. The highest BCUT2D eigenvalue weighted by molar-refractivity contribution is 7.80. The van der Waals surface area contributed by atoms with Crippen molar-refractivity contribution in [3.8, 4) is 5.69 Å². The van der Waals surface area contributed by atoms with Gasteiger partial charge in [-0.05, 0) is 100 Å². The molecule has 2 N–H and O–H groups in total. The largest absolute Gasteiger partial charge is 0.372 e. The highest BCUT2D eigenvalue weighted by Crippen LogP contribution is 2.41. The van der Waals surface area contributed by atoms with E-state index in [0.717, 1.165) is 47.1 Å². The first-order valence-electron chi connectivity index (χ1n) is 13.8. The van der Waals surface area contributed by atoms with Gasteiger partial charge in [-0.3, -0.25) is 9.78 Å². The summed E-state index contributed by atoms with van der Waals surface area (Å²) in [7, 11) is 0. The van der Waals surface area contributed by atoms with E-state index in [1.54, 1.807) is 6.20 Å². The molecule has 7 nitrogen and oxygen atoms in total. The second-order valence-electron chi connectivity index (χ2n) is 10.0. The third-order valence-corrected chi connectivity index (χ3v) is 7.95. The van der Waals surface area contributed by atoms with Crippen molar-refractivity contribution < 1.29 is 4.79 Å². The van der Waals surface area contributed by atoms with Crippen LogP contribution in [0.5, 0.6) is 0 Å². The Morgan fingerprint density at radius 1 is 1.00 bits per heavy atom. The molecule has 4 aromatic rings. The molecular weight excluding hydrogens is 516 g/mol. The van der Waals surface area contributed by atoms with E-state index in [1.165, 1.54) is 5.69 Å². The minimum atomic E-state index is -0.209. The molecule has 2 atom stereocenters. The van der Waals surface area contributed by atoms with Crippen LogP contribution in [0.3, 0.4) is 0 Å².